The first-order chi connectivity index (χ1) is 6.59. The number of carbonyl (C=O) groups excluding carboxylic acids is 1. The molecule has 1 unspecified atom stereocenters. The number of rotatable bonds is 4. The van der Waals surface area contributed by atoms with Crippen molar-refractivity contribution in [2.24, 2.45) is 11.7 Å². The molecule has 1 atom stereocenters. The van der Waals surface area contributed by atoms with Crippen LogP contribution in [0, 0.1) is 5.92 Å². The van der Waals surface area contributed by atoms with E-state index in [1.807, 2.05) is 19.0 Å². The maximum Gasteiger partial charge on any atom is 0.224 e. The fraction of sp³-hybridized carbons (Fsp3) is 0.900. The zero-order valence-corrected chi connectivity index (χ0v) is 11.6. The van der Waals surface area contributed by atoms with Gasteiger partial charge in [-0.1, -0.05) is 12.8 Å². The molecular formula is C10H23Cl2N3O. The van der Waals surface area contributed by atoms with Gasteiger partial charge in [0.15, 0.2) is 0 Å². The minimum Gasteiger partial charge on any atom is -0.339 e. The van der Waals surface area contributed by atoms with Crippen molar-refractivity contribution in [1.82, 2.24) is 10.2 Å². The summed E-state index contributed by atoms with van der Waals surface area (Å²) in [7, 11) is 3.89. The van der Waals surface area contributed by atoms with Gasteiger partial charge in [-0.3, -0.25) is 4.79 Å². The van der Waals surface area contributed by atoms with Gasteiger partial charge in [0.2, 0.25) is 5.91 Å². The Morgan fingerprint density at radius 3 is 2.31 bits per heavy atom. The van der Waals surface area contributed by atoms with Crippen molar-refractivity contribution in [3.63, 3.8) is 0 Å². The van der Waals surface area contributed by atoms with E-state index >= 15 is 0 Å². The number of hydrogen-bond acceptors (Lipinski definition) is 3. The highest BCUT2D eigenvalue weighted by atomic mass is 35.5. The Hall–Kier alpha value is -0.0300. The Bertz CT molecular complexity index is 197. The number of hydrogen-bond donors (Lipinski definition) is 2. The number of nitrogens with one attached hydrogen (secondary N) is 1. The Morgan fingerprint density at radius 1 is 1.38 bits per heavy atom. The van der Waals surface area contributed by atoms with Crippen molar-refractivity contribution in [3.05, 3.63) is 0 Å². The van der Waals surface area contributed by atoms with Crippen LogP contribution in [0.1, 0.15) is 25.7 Å². The quantitative estimate of drug-likeness (QED) is 0.750. The van der Waals surface area contributed by atoms with Crippen LogP contribution in [0.3, 0.4) is 0 Å². The molecule has 0 spiro atoms. The number of nitrogens with zero attached hydrogens (tertiary/aromatic N) is 1. The molecule has 0 bridgehead atoms. The van der Waals surface area contributed by atoms with Crippen LogP contribution in [0.25, 0.3) is 0 Å². The summed E-state index contributed by atoms with van der Waals surface area (Å²) in [4.78, 5) is 13.6. The molecule has 0 saturated heterocycles. The SMILES string of the molecule is CN(C)CC(N)NC(=O)C1CCCC1.Cl.Cl. The zero-order valence-electron chi connectivity index (χ0n) is 9.94. The fourth-order valence-corrected chi connectivity index (χ4v) is 1.93. The molecule has 3 N–H and O–H groups in total. The molecule has 1 fully saturated rings. The second kappa shape index (κ2) is 9.05. The molecule has 1 amide bonds. The van der Waals surface area contributed by atoms with Crippen LogP contribution in [0.5, 0.6) is 0 Å². The number of nitrogens with two attached hydrogens (primary N) is 1. The van der Waals surface area contributed by atoms with Gasteiger partial charge < -0.3 is 16.0 Å². The molecule has 1 aliphatic rings. The van der Waals surface area contributed by atoms with Crippen molar-refractivity contribution in [3.8, 4) is 0 Å². The average Bonchev–Trinajstić information content (AvgIpc) is 2.53. The van der Waals surface area contributed by atoms with Crippen LogP contribution in [0.4, 0.5) is 0 Å². The second-order valence-corrected chi connectivity index (χ2v) is 4.36. The van der Waals surface area contributed by atoms with Gasteiger partial charge in [0, 0.05) is 12.5 Å². The molecule has 1 rings (SSSR count). The van der Waals surface area contributed by atoms with Crippen LogP contribution in [-0.4, -0.2) is 37.6 Å². The highest BCUT2D eigenvalue weighted by Gasteiger charge is 2.23. The summed E-state index contributed by atoms with van der Waals surface area (Å²) in [6.07, 6.45) is 4.18. The van der Waals surface area contributed by atoms with Crippen LogP contribution < -0.4 is 11.1 Å². The van der Waals surface area contributed by atoms with Crippen LogP contribution in [-0.2, 0) is 4.79 Å². The van der Waals surface area contributed by atoms with E-state index in [1.165, 1.54) is 12.8 Å². The minimum atomic E-state index is -0.238. The first-order valence-electron chi connectivity index (χ1n) is 5.30. The van der Waals surface area contributed by atoms with Crippen LogP contribution in [0.2, 0.25) is 0 Å². The summed E-state index contributed by atoms with van der Waals surface area (Å²) in [5.74, 6) is 0.347. The molecule has 0 aromatic rings. The van der Waals surface area contributed by atoms with Gasteiger partial charge in [0.05, 0.1) is 6.17 Å². The van der Waals surface area contributed by atoms with Gasteiger partial charge in [-0.15, -0.1) is 24.8 Å². The standard InChI is InChI=1S/C10H21N3O.2ClH/c1-13(2)7-9(11)12-10(14)8-5-3-4-6-8;;/h8-9H,3-7,11H2,1-2H3,(H,12,14);2*1H. The molecule has 4 nitrogen and oxygen atoms in total. The summed E-state index contributed by atoms with van der Waals surface area (Å²) in [6, 6.07) is 0. The van der Waals surface area contributed by atoms with Crippen molar-refractivity contribution < 1.29 is 4.79 Å². The topological polar surface area (TPSA) is 58.4 Å². The molecule has 0 heterocycles. The van der Waals surface area contributed by atoms with E-state index in [1.54, 1.807) is 0 Å². The third-order valence-corrected chi connectivity index (χ3v) is 2.62. The highest BCUT2D eigenvalue weighted by Crippen LogP contribution is 2.24. The van der Waals surface area contributed by atoms with Gasteiger partial charge in [-0.2, -0.15) is 0 Å². The summed E-state index contributed by atoms with van der Waals surface area (Å²) < 4.78 is 0. The van der Waals surface area contributed by atoms with Crippen LogP contribution in [0.15, 0.2) is 0 Å². The Morgan fingerprint density at radius 2 is 1.88 bits per heavy atom. The molecule has 98 valence electrons. The molecule has 6 heteroatoms. The predicted octanol–water partition coefficient (Wildman–Crippen LogP) is 0.983. The van der Waals surface area contributed by atoms with E-state index in [0.29, 0.717) is 6.54 Å². The normalized spacial score (nSPS) is 17.5. The Labute approximate surface area is 110 Å². The van der Waals surface area contributed by atoms with Gasteiger partial charge in [0.1, 0.15) is 0 Å². The summed E-state index contributed by atoms with van der Waals surface area (Å²) in [5.41, 5.74) is 5.77. The summed E-state index contributed by atoms with van der Waals surface area (Å²) >= 11 is 0. The minimum absolute atomic E-state index is 0. The van der Waals surface area contributed by atoms with Crippen LogP contribution >= 0.6 is 24.8 Å². The van der Waals surface area contributed by atoms with E-state index in [-0.39, 0.29) is 42.8 Å². The largest absolute Gasteiger partial charge is 0.339 e. The molecule has 1 saturated carbocycles. The lowest BCUT2D eigenvalue weighted by Crippen LogP contribution is -2.49. The monoisotopic (exact) mass is 271 g/mol. The molecule has 0 aromatic heterocycles. The van der Waals surface area contributed by atoms with Gasteiger partial charge in [-0.25, -0.2) is 0 Å². The van der Waals surface area contributed by atoms with Crippen molar-refractivity contribution in [2.45, 2.75) is 31.8 Å². The number of likely N-dealkylation sites (N-methyl/N-ethyl adjacent to an activating group) is 1. The fourth-order valence-electron chi connectivity index (χ4n) is 1.93. The van der Waals surface area contributed by atoms with E-state index < -0.39 is 0 Å². The first kappa shape index (κ1) is 18.3. The van der Waals surface area contributed by atoms with Gasteiger partial charge >= 0.3 is 0 Å². The van der Waals surface area contributed by atoms with Crippen molar-refractivity contribution in [1.29, 1.82) is 0 Å². The molecule has 0 radical (unpaired) electrons. The molecule has 1 aliphatic carbocycles. The van der Waals surface area contributed by atoms with Crippen molar-refractivity contribution >= 4 is 30.7 Å². The smallest absolute Gasteiger partial charge is 0.224 e. The van der Waals surface area contributed by atoms with E-state index in [4.69, 9.17) is 5.73 Å². The average molecular weight is 272 g/mol. The van der Waals surface area contributed by atoms with Crippen molar-refractivity contribution in [2.75, 3.05) is 20.6 Å². The molecule has 0 aromatic carbocycles. The lowest BCUT2D eigenvalue weighted by molar-refractivity contribution is -0.125. The lowest BCUT2D eigenvalue weighted by Gasteiger charge is -2.20. The zero-order chi connectivity index (χ0) is 10.6. The molecular weight excluding hydrogens is 249 g/mol. The Balaban J connectivity index is 0. The molecule has 16 heavy (non-hydrogen) atoms. The summed E-state index contributed by atoms with van der Waals surface area (Å²) in [6.45, 7) is 0.693. The van der Waals surface area contributed by atoms with E-state index in [2.05, 4.69) is 5.32 Å². The first-order valence-corrected chi connectivity index (χ1v) is 5.30. The maximum absolute atomic E-state index is 11.6. The third-order valence-electron chi connectivity index (χ3n) is 2.62. The number of amides is 1. The molecule has 0 aliphatic heterocycles. The number of carbonyl (C=O) groups is 1. The third kappa shape index (κ3) is 6.53. The lowest BCUT2D eigenvalue weighted by atomic mass is 10.1. The summed E-state index contributed by atoms with van der Waals surface area (Å²) in [5, 5.41) is 2.85. The predicted molar refractivity (Wildman–Crippen MR) is 71.1 cm³/mol. The Kier molecular flexibility index (Phi) is 10.4. The van der Waals surface area contributed by atoms with E-state index in [0.717, 1.165) is 12.8 Å². The van der Waals surface area contributed by atoms with Gasteiger partial charge in [0.25, 0.3) is 0 Å². The highest BCUT2D eigenvalue weighted by molar-refractivity contribution is 5.85. The van der Waals surface area contributed by atoms with Gasteiger partial charge in [-0.05, 0) is 26.9 Å². The number of halogens is 2. The second-order valence-electron chi connectivity index (χ2n) is 4.36. The van der Waals surface area contributed by atoms with E-state index in [9.17, 15) is 4.79 Å². The maximum atomic E-state index is 11.6.